The largest absolute Gasteiger partial charge is 0.393 e. The molecule has 17 heavy (non-hydrogen) atoms. The Kier molecular flexibility index (Phi) is 5.26. The number of hydrogen-bond acceptors (Lipinski definition) is 3. The van der Waals surface area contributed by atoms with E-state index in [9.17, 15) is 5.11 Å². The van der Waals surface area contributed by atoms with Gasteiger partial charge in [0.05, 0.1) is 6.10 Å². The van der Waals surface area contributed by atoms with E-state index >= 15 is 0 Å². The molecular weight excluding hydrogens is 212 g/mol. The van der Waals surface area contributed by atoms with Crippen LogP contribution in [0, 0.1) is 5.92 Å². The lowest BCUT2D eigenvalue weighted by atomic mass is 9.93. The van der Waals surface area contributed by atoms with Crippen molar-refractivity contribution >= 4 is 0 Å². The van der Waals surface area contributed by atoms with Crippen molar-refractivity contribution in [2.24, 2.45) is 5.92 Å². The minimum Gasteiger partial charge on any atom is -0.393 e. The summed E-state index contributed by atoms with van der Waals surface area (Å²) < 4.78 is 0. The van der Waals surface area contributed by atoms with Crippen LogP contribution in [0.25, 0.3) is 0 Å². The van der Waals surface area contributed by atoms with E-state index in [-0.39, 0.29) is 6.10 Å². The molecule has 3 heteroatoms. The summed E-state index contributed by atoms with van der Waals surface area (Å²) in [6.45, 7) is 7.25. The van der Waals surface area contributed by atoms with Gasteiger partial charge in [0.2, 0.25) is 0 Å². The van der Waals surface area contributed by atoms with E-state index in [2.05, 4.69) is 17.1 Å². The van der Waals surface area contributed by atoms with Crippen molar-refractivity contribution in [1.82, 2.24) is 10.2 Å². The highest BCUT2D eigenvalue weighted by molar-refractivity contribution is 4.77. The van der Waals surface area contributed by atoms with Crippen LogP contribution in [0.1, 0.15) is 45.4 Å². The van der Waals surface area contributed by atoms with Gasteiger partial charge in [0, 0.05) is 19.1 Å². The first-order valence-corrected chi connectivity index (χ1v) is 7.38. The van der Waals surface area contributed by atoms with Crippen LogP contribution in [0.3, 0.4) is 0 Å². The molecule has 2 N–H and O–H groups in total. The van der Waals surface area contributed by atoms with Crippen LogP contribution in [0.4, 0.5) is 0 Å². The monoisotopic (exact) mass is 240 g/mol. The molecule has 0 aromatic rings. The highest BCUT2D eigenvalue weighted by Crippen LogP contribution is 2.18. The Morgan fingerprint density at radius 1 is 1.06 bits per heavy atom. The van der Waals surface area contributed by atoms with Gasteiger partial charge in [-0.25, -0.2) is 0 Å². The Balaban J connectivity index is 1.54. The number of hydrogen-bond donors (Lipinski definition) is 2. The first-order chi connectivity index (χ1) is 8.24. The second kappa shape index (κ2) is 6.72. The van der Waals surface area contributed by atoms with E-state index in [1.165, 1.54) is 32.5 Å². The molecule has 0 radical (unpaired) electrons. The summed E-state index contributed by atoms with van der Waals surface area (Å²) in [6.07, 6.45) is 6.98. The Morgan fingerprint density at radius 2 is 1.71 bits per heavy atom. The molecule has 0 bridgehead atoms. The van der Waals surface area contributed by atoms with Gasteiger partial charge >= 0.3 is 0 Å². The van der Waals surface area contributed by atoms with E-state index in [1.54, 1.807) is 0 Å². The van der Waals surface area contributed by atoms with E-state index in [4.69, 9.17) is 0 Å². The molecule has 0 aromatic heterocycles. The fraction of sp³-hybridized carbons (Fsp3) is 1.00. The summed E-state index contributed by atoms with van der Waals surface area (Å²) in [5.41, 5.74) is 0. The van der Waals surface area contributed by atoms with Gasteiger partial charge in [-0.2, -0.15) is 0 Å². The van der Waals surface area contributed by atoms with Gasteiger partial charge in [0.25, 0.3) is 0 Å². The average Bonchev–Trinajstić information content (AvgIpc) is 2.34. The summed E-state index contributed by atoms with van der Waals surface area (Å²) >= 11 is 0. The highest BCUT2D eigenvalue weighted by atomic mass is 16.3. The molecule has 2 aliphatic rings. The SMILES string of the molecule is CC1CCN(CCNC2CCC(O)CC2)CC1. The molecule has 1 saturated carbocycles. The molecule has 0 amide bonds. The lowest BCUT2D eigenvalue weighted by Gasteiger charge is -2.31. The molecular formula is C14H28N2O. The van der Waals surface area contributed by atoms with Crippen LogP contribution in [-0.4, -0.2) is 48.3 Å². The topological polar surface area (TPSA) is 35.5 Å². The normalized spacial score (nSPS) is 32.8. The molecule has 0 spiro atoms. The zero-order valence-corrected chi connectivity index (χ0v) is 11.2. The minimum atomic E-state index is -0.0309. The van der Waals surface area contributed by atoms with Crippen LogP contribution in [0.15, 0.2) is 0 Å². The van der Waals surface area contributed by atoms with Crippen LogP contribution in [0.2, 0.25) is 0 Å². The van der Waals surface area contributed by atoms with Crippen LogP contribution < -0.4 is 5.32 Å². The second-order valence-corrected chi connectivity index (χ2v) is 5.98. The van der Waals surface area contributed by atoms with Crippen molar-refractivity contribution < 1.29 is 5.11 Å². The molecule has 0 unspecified atom stereocenters. The smallest absolute Gasteiger partial charge is 0.0541 e. The van der Waals surface area contributed by atoms with E-state index in [0.717, 1.165) is 38.1 Å². The third kappa shape index (κ3) is 4.57. The average molecular weight is 240 g/mol. The Morgan fingerprint density at radius 3 is 2.35 bits per heavy atom. The molecule has 2 rings (SSSR count). The third-order valence-corrected chi connectivity index (χ3v) is 4.43. The fourth-order valence-corrected chi connectivity index (χ4v) is 2.99. The predicted octanol–water partition coefficient (Wildman–Crippen LogP) is 1.61. The number of nitrogens with zero attached hydrogens (tertiary/aromatic N) is 1. The van der Waals surface area contributed by atoms with Crippen molar-refractivity contribution in [1.29, 1.82) is 0 Å². The Labute approximate surface area is 106 Å². The molecule has 0 aromatic carbocycles. The number of likely N-dealkylation sites (tertiary alicyclic amines) is 1. The summed E-state index contributed by atoms with van der Waals surface area (Å²) in [4.78, 5) is 2.59. The van der Waals surface area contributed by atoms with Gasteiger partial charge in [-0.05, 0) is 57.5 Å². The fourth-order valence-electron chi connectivity index (χ4n) is 2.99. The van der Waals surface area contributed by atoms with Gasteiger partial charge in [0.15, 0.2) is 0 Å². The van der Waals surface area contributed by atoms with Gasteiger partial charge < -0.3 is 15.3 Å². The zero-order valence-electron chi connectivity index (χ0n) is 11.2. The molecule has 1 saturated heterocycles. The number of aliphatic hydroxyl groups excluding tert-OH is 1. The van der Waals surface area contributed by atoms with Crippen molar-refractivity contribution in [3.05, 3.63) is 0 Å². The Hall–Kier alpha value is -0.120. The Bertz CT molecular complexity index is 184. The molecule has 100 valence electrons. The number of rotatable bonds is 4. The highest BCUT2D eigenvalue weighted by Gasteiger charge is 2.19. The van der Waals surface area contributed by atoms with Crippen molar-refractivity contribution in [2.75, 3.05) is 26.2 Å². The van der Waals surface area contributed by atoms with Gasteiger partial charge in [-0.3, -0.25) is 0 Å². The van der Waals surface area contributed by atoms with E-state index < -0.39 is 0 Å². The summed E-state index contributed by atoms with van der Waals surface area (Å²) in [6, 6.07) is 0.655. The van der Waals surface area contributed by atoms with Crippen LogP contribution in [0.5, 0.6) is 0 Å². The number of nitrogens with one attached hydrogen (secondary N) is 1. The van der Waals surface area contributed by atoms with E-state index in [0.29, 0.717) is 6.04 Å². The number of piperidine rings is 1. The van der Waals surface area contributed by atoms with E-state index in [1.807, 2.05) is 0 Å². The maximum atomic E-state index is 9.45. The second-order valence-electron chi connectivity index (χ2n) is 5.98. The van der Waals surface area contributed by atoms with Crippen LogP contribution >= 0.6 is 0 Å². The molecule has 1 aliphatic heterocycles. The summed E-state index contributed by atoms with van der Waals surface area (Å²) in [7, 11) is 0. The number of aliphatic hydroxyl groups is 1. The third-order valence-electron chi connectivity index (χ3n) is 4.43. The zero-order chi connectivity index (χ0) is 12.1. The summed E-state index contributed by atoms with van der Waals surface area (Å²) in [5, 5.41) is 13.1. The van der Waals surface area contributed by atoms with Crippen molar-refractivity contribution in [2.45, 2.75) is 57.6 Å². The minimum absolute atomic E-state index is 0.0309. The lowest BCUT2D eigenvalue weighted by molar-refractivity contribution is 0.115. The van der Waals surface area contributed by atoms with Gasteiger partial charge in [0.1, 0.15) is 0 Å². The molecule has 2 fully saturated rings. The predicted molar refractivity (Wildman–Crippen MR) is 71.1 cm³/mol. The maximum absolute atomic E-state index is 9.45. The lowest BCUT2D eigenvalue weighted by Crippen LogP contribution is -2.41. The first kappa shape index (κ1) is 13.3. The maximum Gasteiger partial charge on any atom is 0.0541 e. The molecule has 1 heterocycles. The van der Waals surface area contributed by atoms with Gasteiger partial charge in [-0.1, -0.05) is 6.92 Å². The summed E-state index contributed by atoms with van der Waals surface area (Å²) in [5.74, 6) is 0.930. The molecule has 1 aliphatic carbocycles. The van der Waals surface area contributed by atoms with Crippen LogP contribution in [-0.2, 0) is 0 Å². The van der Waals surface area contributed by atoms with Crippen molar-refractivity contribution in [3.63, 3.8) is 0 Å². The quantitative estimate of drug-likeness (QED) is 0.784. The van der Waals surface area contributed by atoms with Gasteiger partial charge in [-0.15, -0.1) is 0 Å². The first-order valence-electron chi connectivity index (χ1n) is 7.38. The van der Waals surface area contributed by atoms with Crippen molar-refractivity contribution in [3.8, 4) is 0 Å². The molecule has 0 atom stereocenters. The molecule has 3 nitrogen and oxygen atoms in total. The standard InChI is InChI=1S/C14H28N2O/c1-12-6-9-16(10-7-12)11-8-15-13-2-4-14(17)5-3-13/h12-15,17H,2-11H2,1H3.